The summed E-state index contributed by atoms with van der Waals surface area (Å²) >= 11 is 0. The molecule has 0 spiro atoms. The second-order valence-corrected chi connectivity index (χ2v) is 9.63. The molecule has 0 aromatic heterocycles. The number of halogens is 1. The Labute approximate surface area is 135 Å². The quantitative estimate of drug-likeness (QED) is 0.735. The Balaban J connectivity index is 2.02. The molecule has 0 bridgehead atoms. The summed E-state index contributed by atoms with van der Waals surface area (Å²) in [6.45, 7) is 3.21. The lowest BCUT2D eigenvalue weighted by Gasteiger charge is -2.45. The van der Waals surface area contributed by atoms with E-state index in [2.05, 4.69) is 5.32 Å². The number of anilines is 1. The monoisotopic (exact) mass is 339 g/mol. The van der Waals surface area contributed by atoms with Crippen LogP contribution in [0.3, 0.4) is 0 Å². The summed E-state index contributed by atoms with van der Waals surface area (Å²) in [4.78, 5) is 0. The Morgan fingerprint density at radius 3 is 2.61 bits per heavy atom. The van der Waals surface area contributed by atoms with Crippen LogP contribution in [-0.2, 0) is 15.4 Å². The van der Waals surface area contributed by atoms with Gasteiger partial charge in [-0.15, -0.1) is 0 Å². The Morgan fingerprint density at radius 1 is 1.39 bits per heavy atom. The zero-order chi connectivity index (χ0) is 17.0. The Morgan fingerprint density at radius 2 is 2.04 bits per heavy atom. The molecule has 23 heavy (non-hydrogen) atoms. The normalized spacial score (nSPS) is 33.3. The second kappa shape index (κ2) is 4.93. The first-order valence-electron chi connectivity index (χ1n) is 7.72. The molecule has 3 rings (SSSR count). The maximum absolute atomic E-state index is 14.2. The highest BCUT2D eigenvalue weighted by molar-refractivity contribution is 7.93. The predicted molar refractivity (Wildman–Crippen MR) is 88.6 cm³/mol. The fourth-order valence-electron chi connectivity index (χ4n) is 3.35. The van der Waals surface area contributed by atoms with E-state index >= 15 is 0 Å². The van der Waals surface area contributed by atoms with Gasteiger partial charge in [0.15, 0.2) is 9.84 Å². The van der Waals surface area contributed by atoms with Crippen molar-refractivity contribution in [1.29, 1.82) is 5.41 Å². The first-order valence-corrected chi connectivity index (χ1v) is 9.38. The minimum atomic E-state index is -3.61. The Hall–Kier alpha value is -1.63. The molecule has 1 aromatic rings. The van der Waals surface area contributed by atoms with Crippen LogP contribution in [0.5, 0.6) is 0 Å². The van der Waals surface area contributed by atoms with Gasteiger partial charge in [0, 0.05) is 11.3 Å². The van der Waals surface area contributed by atoms with Crippen molar-refractivity contribution in [3.05, 3.63) is 29.6 Å². The summed E-state index contributed by atoms with van der Waals surface area (Å²) < 4.78 is 38.9. The number of hydrogen-bond donors (Lipinski definition) is 3. The number of sulfone groups is 1. The molecule has 1 heterocycles. The van der Waals surface area contributed by atoms with Crippen LogP contribution < -0.4 is 11.1 Å². The van der Waals surface area contributed by atoms with E-state index in [4.69, 9.17) is 11.1 Å². The molecular formula is C16H22FN3O2S. The lowest BCUT2D eigenvalue weighted by atomic mass is 9.90. The van der Waals surface area contributed by atoms with Crippen LogP contribution in [0.15, 0.2) is 18.2 Å². The van der Waals surface area contributed by atoms with Crippen LogP contribution in [0.2, 0.25) is 0 Å². The van der Waals surface area contributed by atoms with Crippen LogP contribution >= 0.6 is 0 Å². The van der Waals surface area contributed by atoms with Crippen molar-refractivity contribution >= 4 is 21.4 Å². The van der Waals surface area contributed by atoms with Crippen LogP contribution in [0.25, 0.3) is 0 Å². The Bertz CT molecular complexity index is 776. The van der Waals surface area contributed by atoms with Crippen LogP contribution in [0.4, 0.5) is 10.1 Å². The molecule has 0 amide bonds. The van der Waals surface area contributed by atoms with Gasteiger partial charge in [-0.2, -0.15) is 0 Å². The fraction of sp³-hybridized carbons (Fsp3) is 0.562. The summed E-state index contributed by atoms with van der Waals surface area (Å²) in [5.41, 5.74) is 5.07. The number of benzene rings is 1. The third-order valence-corrected chi connectivity index (χ3v) is 7.76. The van der Waals surface area contributed by atoms with Gasteiger partial charge in [-0.1, -0.05) is 12.8 Å². The lowest BCUT2D eigenvalue weighted by Crippen LogP contribution is -2.65. The highest BCUT2D eigenvalue weighted by Crippen LogP contribution is 2.44. The summed E-state index contributed by atoms with van der Waals surface area (Å²) in [5.74, 6) is -0.472. The maximum Gasteiger partial charge on any atom is 0.165 e. The highest BCUT2D eigenvalue weighted by atomic mass is 32.2. The van der Waals surface area contributed by atoms with Gasteiger partial charge in [-0.05, 0) is 44.4 Å². The van der Waals surface area contributed by atoms with E-state index in [1.807, 2.05) is 0 Å². The van der Waals surface area contributed by atoms with E-state index < -0.39 is 25.9 Å². The molecule has 1 aliphatic carbocycles. The standard InChI is InChI=1S/C16H22FN3O2S/c1-15(12-7-11(18)5-6-13(12)17)9-23(21,22)16(2,14(19)20-15)8-10-3-4-10/h5-7,10H,3-4,8-9,18H2,1-2H3,(H2,19,20)/t15-,16+/m0/s1. The van der Waals surface area contributed by atoms with Gasteiger partial charge in [0.25, 0.3) is 0 Å². The minimum Gasteiger partial charge on any atom is -0.399 e. The zero-order valence-electron chi connectivity index (χ0n) is 13.3. The summed E-state index contributed by atoms with van der Waals surface area (Å²) in [5, 5.41) is 11.3. The van der Waals surface area contributed by atoms with E-state index in [9.17, 15) is 12.8 Å². The molecular weight excluding hydrogens is 317 g/mol. The van der Waals surface area contributed by atoms with E-state index in [0.29, 0.717) is 18.0 Å². The minimum absolute atomic E-state index is 0.0556. The van der Waals surface area contributed by atoms with Crippen molar-refractivity contribution in [2.45, 2.75) is 43.4 Å². The van der Waals surface area contributed by atoms with Crippen molar-refractivity contribution in [1.82, 2.24) is 5.32 Å². The van der Waals surface area contributed by atoms with Crippen molar-refractivity contribution in [3.8, 4) is 0 Å². The topological polar surface area (TPSA) is 96.0 Å². The molecule has 1 aromatic carbocycles. The molecule has 5 nitrogen and oxygen atoms in total. The van der Waals surface area contributed by atoms with E-state index in [-0.39, 0.29) is 17.2 Å². The summed E-state index contributed by atoms with van der Waals surface area (Å²) in [6, 6.07) is 4.10. The SMILES string of the molecule is C[C@@]1(c2cc(N)ccc2F)CS(=O)(=O)[C@](C)(CC2CC2)C(=N)N1. The predicted octanol–water partition coefficient (Wildman–Crippen LogP) is 2.18. The molecule has 0 unspecified atom stereocenters. The average molecular weight is 339 g/mol. The van der Waals surface area contributed by atoms with Gasteiger partial charge in [0.05, 0.1) is 11.3 Å². The van der Waals surface area contributed by atoms with E-state index in [1.54, 1.807) is 13.8 Å². The van der Waals surface area contributed by atoms with Gasteiger partial charge in [0.1, 0.15) is 16.4 Å². The summed E-state index contributed by atoms with van der Waals surface area (Å²) in [7, 11) is -3.61. The molecule has 0 radical (unpaired) electrons. The van der Waals surface area contributed by atoms with E-state index in [1.165, 1.54) is 18.2 Å². The van der Waals surface area contributed by atoms with Gasteiger partial charge in [-0.3, -0.25) is 5.41 Å². The number of nitrogens with two attached hydrogens (primary N) is 1. The van der Waals surface area contributed by atoms with Crippen molar-refractivity contribution < 1.29 is 12.8 Å². The molecule has 2 aliphatic rings. The number of amidine groups is 1. The molecule has 2 atom stereocenters. The van der Waals surface area contributed by atoms with Gasteiger partial charge in [0.2, 0.25) is 0 Å². The van der Waals surface area contributed by atoms with Crippen molar-refractivity contribution in [2.75, 3.05) is 11.5 Å². The first-order chi connectivity index (χ1) is 10.6. The van der Waals surface area contributed by atoms with Gasteiger partial charge in [-0.25, -0.2) is 12.8 Å². The number of rotatable bonds is 3. The van der Waals surface area contributed by atoms with Crippen molar-refractivity contribution in [3.63, 3.8) is 0 Å². The molecule has 1 saturated carbocycles. The molecule has 4 N–H and O–H groups in total. The van der Waals surface area contributed by atoms with Crippen LogP contribution in [0.1, 0.15) is 38.7 Å². The summed E-state index contributed by atoms with van der Waals surface area (Å²) in [6.07, 6.45) is 2.48. The van der Waals surface area contributed by atoms with Crippen LogP contribution in [-0.4, -0.2) is 24.8 Å². The van der Waals surface area contributed by atoms with Gasteiger partial charge < -0.3 is 11.1 Å². The lowest BCUT2D eigenvalue weighted by molar-refractivity contribution is 0.410. The smallest absolute Gasteiger partial charge is 0.165 e. The molecule has 126 valence electrons. The first kappa shape index (κ1) is 16.2. The largest absolute Gasteiger partial charge is 0.399 e. The fourth-order valence-corrected chi connectivity index (χ4v) is 5.51. The van der Waals surface area contributed by atoms with Crippen molar-refractivity contribution in [2.24, 2.45) is 5.92 Å². The molecule has 7 heteroatoms. The number of hydrogen-bond acceptors (Lipinski definition) is 4. The Kier molecular flexibility index (Phi) is 3.48. The third-order valence-electron chi connectivity index (χ3n) is 5.05. The average Bonchev–Trinajstić information content (AvgIpc) is 3.22. The van der Waals surface area contributed by atoms with Gasteiger partial charge >= 0.3 is 0 Å². The highest BCUT2D eigenvalue weighted by Gasteiger charge is 2.55. The molecule has 1 aliphatic heterocycles. The number of nitrogens with one attached hydrogen (secondary N) is 2. The second-order valence-electron chi connectivity index (χ2n) is 7.21. The van der Waals surface area contributed by atoms with Crippen LogP contribution in [0, 0.1) is 17.1 Å². The zero-order valence-corrected chi connectivity index (χ0v) is 14.1. The maximum atomic E-state index is 14.2. The molecule has 2 fully saturated rings. The number of nitrogen functional groups attached to an aromatic ring is 1. The third kappa shape index (κ3) is 2.60. The van der Waals surface area contributed by atoms with E-state index in [0.717, 1.165) is 12.8 Å². The molecule has 1 saturated heterocycles.